The summed E-state index contributed by atoms with van der Waals surface area (Å²) in [5.41, 5.74) is 5.16. The lowest BCUT2D eigenvalue weighted by atomic mass is 10.2. The first-order chi connectivity index (χ1) is 6.24. The van der Waals surface area contributed by atoms with Crippen molar-refractivity contribution in [2.45, 2.75) is 32.4 Å². The SMILES string of the molecule is CC(C)NS(=O)(=O)CCC(N)C(=O)O. The Labute approximate surface area is 83.5 Å². The van der Waals surface area contributed by atoms with Crippen LogP contribution in [-0.2, 0) is 14.8 Å². The van der Waals surface area contributed by atoms with Gasteiger partial charge in [-0.05, 0) is 20.3 Å². The standard InChI is InChI=1S/C7H16N2O4S/c1-5(2)9-14(12,13)4-3-6(8)7(10)11/h5-6,9H,3-4,8H2,1-2H3,(H,10,11). The lowest BCUT2D eigenvalue weighted by Gasteiger charge is -2.10. The highest BCUT2D eigenvalue weighted by Gasteiger charge is 2.17. The van der Waals surface area contributed by atoms with Crippen LogP contribution in [0.5, 0.6) is 0 Å². The first kappa shape index (κ1) is 13.3. The summed E-state index contributed by atoms with van der Waals surface area (Å²) in [5.74, 6) is -1.46. The van der Waals surface area contributed by atoms with Gasteiger partial charge in [0.25, 0.3) is 0 Å². The van der Waals surface area contributed by atoms with Crippen molar-refractivity contribution in [1.82, 2.24) is 4.72 Å². The molecular weight excluding hydrogens is 208 g/mol. The van der Waals surface area contributed by atoms with Crippen LogP contribution in [0.4, 0.5) is 0 Å². The largest absolute Gasteiger partial charge is 0.480 e. The van der Waals surface area contributed by atoms with Crippen LogP contribution in [0.1, 0.15) is 20.3 Å². The quantitative estimate of drug-likeness (QED) is 0.542. The first-order valence-electron chi connectivity index (χ1n) is 4.23. The number of nitrogens with two attached hydrogens (primary N) is 1. The first-order valence-corrected chi connectivity index (χ1v) is 5.88. The predicted molar refractivity (Wildman–Crippen MR) is 52.3 cm³/mol. The van der Waals surface area contributed by atoms with Gasteiger partial charge < -0.3 is 10.8 Å². The van der Waals surface area contributed by atoms with Crippen LogP contribution in [0.15, 0.2) is 0 Å². The van der Waals surface area contributed by atoms with E-state index in [4.69, 9.17) is 10.8 Å². The van der Waals surface area contributed by atoms with Crippen LogP contribution in [0.2, 0.25) is 0 Å². The van der Waals surface area contributed by atoms with Gasteiger partial charge in [0.05, 0.1) is 5.75 Å². The van der Waals surface area contributed by atoms with Crippen molar-refractivity contribution in [3.8, 4) is 0 Å². The van der Waals surface area contributed by atoms with Gasteiger partial charge in [0.15, 0.2) is 0 Å². The van der Waals surface area contributed by atoms with E-state index in [2.05, 4.69) is 4.72 Å². The molecule has 0 aliphatic rings. The summed E-state index contributed by atoms with van der Waals surface area (Å²) >= 11 is 0. The molecule has 0 rings (SSSR count). The molecule has 0 aliphatic carbocycles. The highest BCUT2D eigenvalue weighted by molar-refractivity contribution is 7.89. The molecule has 4 N–H and O–H groups in total. The van der Waals surface area contributed by atoms with Crippen LogP contribution in [0.3, 0.4) is 0 Å². The van der Waals surface area contributed by atoms with Crippen molar-refractivity contribution in [1.29, 1.82) is 0 Å². The minimum atomic E-state index is -3.40. The molecule has 0 radical (unpaired) electrons. The fourth-order valence-corrected chi connectivity index (χ4v) is 2.22. The van der Waals surface area contributed by atoms with Crippen LogP contribution >= 0.6 is 0 Å². The average Bonchev–Trinajstić information content (AvgIpc) is 1.97. The van der Waals surface area contributed by atoms with Crippen LogP contribution < -0.4 is 10.5 Å². The molecule has 0 aliphatic heterocycles. The summed E-state index contributed by atoms with van der Waals surface area (Å²) in [4.78, 5) is 10.3. The van der Waals surface area contributed by atoms with E-state index in [9.17, 15) is 13.2 Å². The Morgan fingerprint density at radius 1 is 1.50 bits per heavy atom. The Balaban J connectivity index is 4.06. The Bertz CT molecular complexity index is 286. The van der Waals surface area contributed by atoms with E-state index < -0.39 is 22.0 Å². The fourth-order valence-electron chi connectivity index (χ4n) is 0.824. The molecule has 0 bridgehead atoms. The maximum absolute atomic E-state index is 11.2. The number of nitrogens with one attached hydrogen (secondary N) is 1. The molecule has 14 heavy (non-hydrogen) atoms. The van der Waals surface area contributed by atoms with Crippen molar-refractivity contribution >= 4 is 16.0 Å². The van der Waals surface area contributed by atoms with Gasteiger partial charge in [0.2, 0.25) is 10.0 Å². The number of hydrogen-bond acceptors (Lipinski definition) is 4. The molecule has 1 atom stereocenters. The minimum Gasteiger partial charge on any atom is -0.480 e. The summed E-state index contributed by atoms with van der Waals surface area (Å²) in [6.45, 7) is 3.38. The third-order valence-corrected chi connectivity index (χ3v) is 3.03. The molecule has 0 aromatic heterocycles. The van der Waals surface area contributed by atoms with Crippen molar-refractivity contribution in [2.24, 2.45) is 5.73 Å². The second-order valence-corrected chi connectivity index (χ2v) is 5.20. The molecule has 0 aromatic carbocycles. The second kappa shape index (κ2) is 5.28. The van der Waals surface area contributed by atoms with E-state index in [-0.39, 0.29) is 18.2 Å². The lowest BCUT2D eigenvalue weighted by molar-refractivity contribution is -0.138. The summed E-state index contributed by atoms with van der Waals surface area (Å²) in [5, 5.41) is 8.42. The Morgan fingerprint density at radius 2 is 2.00 bits per heavy atom. The Morgan fingerprint density at radius 3 is 2.36 bits per heavy atom. The average molecular weight is 224 g/mol. The van der Waals surface area contributed by atoms with E-state index in [0.29, 0.717) is 0 Å². The lowest BCUT2D eigenvalue weighted by Crippen LogP contribution is -2.37. The summed E-state index contributed by atoms with van der Waals surface area (Å²) < 4.78 is 24.8. The molecule has 0 saturated heterocycles. The molecule has 0 aromatic rings. The third-order valence-electron chi connectivity index (χ3n) is 1.43. The molecule has 1 unspecified atom stereocenters. The molecule has 0 fully saturated rings. The van der Waals surface area contributed by atoms with Gasteiger partial charge >= 0.3 is 5.97 Å². The summed E-state index contributed by atoms with van der Waals surface area (Å²) in [6, 6.07) is -1.32. The zero-order valence-electron chi connectivity index (χ0n) is 8.23. The number of carboxylic acids is 1. The van der Waals surface area contributed by atoms with Crippen LogP contribution in [0.25, 0.3) is 0 Å². The molecule has 0 amide bonds. The Kier molecular flexibility index (Phi) is 5.03. The van der Waals surface area contributed by atoms with E-state index >= 15 is 0 Å². The maximum atomic E-state index is 11.2. The number of hydrogen-bond donors (Lipinski definition) is 3. The van der Waals surface area contributed by atoms with Crippen LogP contribution in [-0.4, -0.2) is 37.3 Å². The van der Waals surface area contributed by atoms with Gasteiger partial charge in [0, 0.05) is 6.04 Å². The van der Waals surface area contributed by atoms with Gasteiger partial charge in [-0.2, -0.15) is 0 Å². The van der Waals surface area contributed by atoms with Crippen molar-refractivity contribution in [2.75, 3.05) is 5.75 Å². The van der Waals surface area contributed by atoms with Gasteiger partial charge in [0.1, 0.15) is 6.04 Å². The van der Waals surface area contributed by atoms with E-state index in [1.54, 1.807) is 13.8 Å². The number of aliphatic carboxylic acids is 1. The highest BCUT2D eigenvalue weighted by atomic mass is 32.2. The normalized spacial score (nSPS) is 14.3. The summed E-state index contributed by atoms with van der Waals surface area (Å²) in [6.07, 6.45) is -0.0859. The third kappa shape index (κ3) is 5.90. The van der Waals surface area contributed by atoms with Gasteiger partial charge in [-0.3, -0.25) is 4.79 Å². The Hall–Kier alpha value is -0.660. The van der Waals surface area contributed by atoms with Crippen molar-refractivity contribution < 1.29 is 18.3 Å². The molecule has 84 valence electrons. The second-order valence-electron chi connectivity index (χ2n) is 3.32. The molecule has 0 heterocycles. The van der Waals surface area contributed by atoms with E-state index in [1.807, 2.05) is 0 Å². The van der Waals surface area contributed by atoms with Gasteiger partial charge in [-0.25, -0.2) is 13.1 Å². The van der Waals surface area contributed by atoms with Crippen molar-refractivity contribution in [3.05, 3.63) is 0 Å². The van der Waals surface area contributed by atoms with Gasteiger partial charge in [-0.1, -0.05) is 0 Å². The topological polar surface area (TPSA) is 109 Å². The minimum absolute atomic E-state index is 0.0859. The zero-order chi connectivity index (χ0) is 11.4. The van der Waals surface area contributed by atoms with E-state index in [0.717, 1.165) is 0 Å². The highest BCUT2D eigenvalue weighted by Crippen LogP contribution is 1.95. The molecule has 0 spiro atoms. The maximum Gasteiger partial charge on any atom is 0.320 e. The monoisotopic (exact) mass is 224 g/mol. The van der Waals surface area contributed by atoms with E-state index in [1.165, 1.54) is 0 Å². The number of carboxylic acid groups (broad SMARTS) is 1. The number of rotatable bonds is 6. The zero-order valence-corrected chi connectivity index (χ0v) is 9.04. The predicted octanol–water partition coefficient (Wildman–Crippen LogP) is -0.884. The van der Waals surface area contributed by atoms with Crippen molar-refractivity contribution in [3.63, 3.8) is 0 Å². The fraction of sp³-hybridized carbons (Fsp3) is 0.857. The summed E-state index contributed by atoms with van der Waals surface area (Å²) in [7, 11) is -3.40. The van der Waals surface area contributed by atoms with Crippen LogP contribution in [0, 0.1) is 0 Å². The van der Waals surface area contributed by atoms with Gasteiger partial charge in [-0.15, -0.1) is 0 Å². The molecular formula is C7H16N2O4S. The smallest absolute Gasteiger partial charge is 0.320 e. The number of sulfonamides is 1. The molecule has 6 nitrogen and oxygen atoms in total. The number of carbonyl (C=O) groups is 1. The molecule has 7 heteroatoms. The molecule has 0 saturated carbocycles.